The van der Waals surface area contributed by atoms with E-state index >= 15 is 0 Å². The molecule has 0 amide bonds. The van der Waals surface area contributed by atoms with Crippen LogP contribution in [-0.4, -0.2) is 54.1 Å². The zero-order chi connectivity index (χ0) is 22.3. The molecule has 3 N–H and O–H groups in total. The van der Waals surface area contributed by atoms with Gasteiger partial charge in [-0.1, -0.05) is 6.07 Å². The molecule has 1 aromatic carbocycles. The molecule has 2 aliphatic rings. The standard InChI is InChI=1S/C20H23N5O6S/c1-29-32(27,28)24-15-7-13(8-16(15)26)25-5-4-14-19(22-10-23-20(14)25)21-9-12-2-3-17-18(6-12)31-11-30-17/h2-6,10,13,15-16,24,26H,7-9,11H2,1H3,(H,21,22,23)/t13-,15+,16+/m1/s1. The van der Waals surface area contributed by atoms with E-state index in [-0.39, 0.29) is 12.8 Å². The predicted octanol–water partition coefficient (Wildman–Crippen LogP) is 1.32. The monoisotopic (exact) mass is 461 g/mol. The van der Waals surface area contributed by atoms with Crippen molar-refractivity contribution < 1.29 is 27.2 Å². The van der Waals surface area contributed by atoms with Gasteiger partial charge in [0.1, 0.15) is 17.8 Å². The predicted molar refractivity (Wildman–Crippen MR) is 115 cm³/mol. The molecular formula is C20H23N5O6S. The van der Waals surface area contributed by atoms with Crippen molar-refractivity contribution >= 4 is 27.2 Å². The van der Waals surface area contributed by atoms with Crippen LogP contribution in [0.1, 0.15) is 24.4 Å². The Hall–Kier alpha value is -2.93. The lowest BCUT2D eigenvalue weighted by Gasteiger charge is -2.15. The molecule has 170 valence electrons. The molecule has 1 fully saturated rings. The topological polar surface area (TPSA) is 137 Å². The van der Waals surface area contributed by atoms with Crippen molar-refractivity contribution in [2.24, 2.45) is 0 Å². The van der Waals surface area contributed by atoms with Gasteiger partial charge in [-0.2, -0.15) is 13.1 Å². The highest BCUT2D eigenvalue weighted by Crippen LogP contribution is 2.35. The van der Waals surface area contributed by atoms with Crippen LogP contribution in [-0.2, 0) is 21.0 Å². The van der Waals surface area contributed by atoms with E-state index in [1.165, 1.54) is 6.33 Å². The Kier molecular flexibility index (Phi) is 5.37. The van der Waals surface area contributed by atoms with Crippen LogP contribution in [0.25, 0.3) is 11.0 Å². The van der Waals surface area contributed by atoms with Crippen molar-refractivity contribution in [1.82, 2.24) is 19.3 Å². The van der Waals surface area contributed by atoms with Gasteiger partial charge in [0, 0.05) is 18.8 Å². The molecule has 3 heterocycles. The summed E-state index contributed by atoms with van der Waals surface area (Å²) in [5, 5.41) is 14.5. The number of nitrogens with zero attached hydrogens (tertiary/aromatic N) is 3. The van der Waals surface area contributed by atoms with Gasteiger partial charge in [-0.25, -0.2) is 9.97 Å². The third kappa shape index (κ3) is 3.97. The first-order chi connectivity index (χ1) is 15.4. The number of aliphatic hydroxyl groups excluding tert-OH is 1. The van der Waals surface area contributed by atoms with Crippen molar-refractivity contribution in [3.05, 3.63) is 42.4 Å². The summed E-state index contributed by atoms with van der Waals surface area (Å²) in [7, 11) is -2.81. The molecule has 1 saturated carbocycles. The van der Waals surface area contributed by atoms with Gasteiger partial charge in [0.25, 0.3) is 0 Å². The number of aliphatic hydroxyl groups is 1. The second kappa shape index (κ2) is 8.20. The molecule has 5 rings (SSSR count). The van der Waals surface area contributed by atoms with Crippen LogP contribution >= 0.6 is 0 Å². The number of benzene rings is 1. The molecular weight excluding hydrogens is 438 g/mol. The van der Waals surface area contributed by atoms with Crippen molar-refractivity contribution in [3.8, 4) is 11.5 Å². The lowest BCUT2D eigenvalue weighted by molar-refractivity contribution is 0.154. The summed E-state index contributed by atoms with van der Waals surface area (Å²) in [6.45, 7) is 0.771. The van der Waals surface area contributed by atoms with E-state index in [0.29, 0.717) is 30.9 Å². The minimum Gasteiger partial charge on any atom is -0.454 e. The van der Waals surface area contributed by atoms with Crippen molar-refractivity contribution in [1.29, 1.82) is 0 Å². The van der Waals surface area contributed by atoms with E-state index in [1.807, 2.05) is 35.0 Å². The van der Waals surface area contributed by atoms with E-state index in [0.717, 1.165) is 29.6 Å². The maximum atomic E-state index is 11.7. The average molecular weight is 462 g/mol. The first-order valence-electron chi connectivity index (χ1n) is 10.1. The molecule has 1 aliphatic carbocycles. The lowest BCUT2D eigenvalue weighted by atomic mass is 10.2. The second-order valence-corrected chi connectivity index (χ2v) is 9.24. The highest BCUT2D eigenvalue weighted by molar-refractivity contribution is 7.84. The molecule has 1 aliphatic heterocycles. The minimum absolute atomic E-state index is 0.122. The van der Waals surface area contributed by atoms with Gasteiger partial charge in [-0.3, -0.25) is 4.18 Å². The summed E-state index contributed by atoms with van der Waals surface area (Å²) < 4.78 is 43.0. The summed E-state index contributed by atoms with van der Waals surface area (Å²) in [5.41, 5.74) is 1.73. The summed E-state index contributed by atoms with van der Waals surface area (Å²) in [4.78, 5) is 8.79. The second-order valence-electron chi connectivity index (χ2n) is 7.76. The number of aromatic nitrogens is 3. The van der Waals surface area contributed by atoms with Crippen molar-refractivity contribution in [2.75, 3.05) is 19.2 Å². The fourth-order valence-electron chi connectivity index (χ4n) is 4.22. The Morgan fingerprint density at radius 2 is 2.06 bits per heavy atom. The molecule has 3 aromatic rings. The molecule has 0 unspecified atom stereocenters. The zero-order valence-electron chi connectivity index (χ0n) is 17.3. The van der Waals surface area contributed by atoms with Crippen LogP contribution < -0.4 is 19.5 Å². The van der Waals surface area contributed by atoms with Gasteiger partial charge in [-0.15, -0.1) is 0 Å². The van der Waals surface area contributed by atoms with Crippen LogP contribution in [0, 0.1) is 0 Å². The molecule has 0 spiro atoms. The molecule has 32 heavy (non-hydrogen) atoms. The molecule has 0 saturated heterocycles. The van der Waals surface area contributed by atoms with E-state index < -0.39 is 22.4 Å². The van der Waals surface area contributed by atoms with Gasteiger partial charge in [0.2, 0.25) is 6.79 Å². The Balaban J connectivity index is 1.33. The highest BCUT2D eigenvalue weighted by Gasteiger charge is 2.37. The molecule has 2 aromatic heterocycles. The Labute approximate surface area is 184 Å². The largest absolute Gasteiger partial charge is 0.454 e. The fourth-order valence-corrected chi connectivity index (χ4v) is 4.94. The summed E-state index contributed by atoms with van der Waals surface area (Å²) in [6.07, 6.45) is 3.35. The number of rotatable bonds is 7. The number of hydrogen-bond acceptors (Lipinski definition) is 9. The smallest absolute Gasteiger partial charge is 0.335 e. The Morgan fingerprint density at radius 1 is 1.22 bits per heavy atom. The average Bonchev–Trinajstić information content (AvgIpc) is 3.50. The molecule has 11 nitrogen and oxygen atoms in total. The highest BCUT2D eigenvalue weighted by atomic mass is 32.2. The zero-order valence-corrected chi connectivity index (χ0v) is 18.1. The Morgan fingerprint density at radius 3 is 2.91 bits per heavy atom. The number of fused-ring (bicyclic) bond motifs is 2. The third-order valence-corrected chi connectivity index (χ3v) is 6.85. The SMILES string of the molecule is COS(=O)(=O)N[C@H]1C[C@@H](n2ccc3c(NCc4ccc5c(c4)OCO5)ncnc32)C[C@@H]1O. The van der Waals surface area contributed by atoms with Gasteiger partial charge >= 0.3 is 10.3 Å². The van der Waals surface area contributed by atoms with Gasteiger partial charge in [-0.05, 0) is 36.6 Å². The number of nitrogens with one attached hydrogen (secondary N) is 2. The normalized spacial score (nSPS) is 22.5. The maximum absolute atomic E-state index is 11.7. The lowest BCUT2D eigenvalue weighted by Crippen LogP contribution is -2.40. The third-order valence-electron chi connectivity index (χ3n) is 5.82. The van der Waals surface area contributed by atoms with Crippen molar-refractivity contribution in [2.45, 2.75) is 37.6 Å². The van der Waals surface area contributed by atoms with Crippen molar-refractivity contribution in [3.63, 3.8) is 0 Å². The van der Waals surface area contributed by atoms with Gasteiger partial charge < -0.3 is 24.5 Å². The van der Waals surface area contributed by atoms with Crippen LogP contribution in [0.5, 0.6) is 11.5 Å². The summed E-state index contributed by atoms with van der Waals surface area (Å²) in [6, 6.07) is 6.93. The van der Waals surface area contributed by atoms with E-state index in [2.05, 4.69) is 24.2 Å². The number of anilines is 1. The molecule has 3 atom stereocenters. The number of ether oxygens (including phenoxy) is 2. The molecule has 0 radical (unpaired) electrons. The van der Waals surface area contributed by atoms with E-state index in [1.54, 1.807) is 0 Å². The number of hydrogen-bond donors (Lipinski definition) is 3. The minimum atomic E-state index is -3.89. The summed E-state index contributed by atoms with van der Waals surface area (Å²) in [5.74, 6) is 2.14. The quantitative estimate of drug-likeness (QED) is 0.476. The van der Waals surface area contributed by atoms with Crippen LogP contribution in [0.4, 0.5) is 5.82 Å². The summed E-state index contributed by atoms with van der Waals surface area (Å²) >= 11 is 0. The van der Waals surface area contributed by atoms with Crippen LogP contribution in [0.15, 0.2) is 36.8 Å². The van der Waals surface area contributed by atoms with E-state index in [4.69, 9.17) is 9.47 Å². The molecule has 12 heteroatoms. The Bertz CT molecular complexity index is 1250. The fraction of sp³-hybridized carbons (Fsp3) is 0.400. The van der Waals surface area contributed by atoms with Crippen LogP contribution in [0.2, 0.25) is 0 Å². The maximum Gasteiger partial charge on any atom is 0.335 e. The molecule has 0 bridgehead atoms. The first kappa shape index (κ1) is 20.9. The first-order valence-corrected chi connectivity index (χ1v) is 11.5. The van der Waals surface area contributed by atoms with Gasteiger partial charge in [0.15, 0.2) is 11.5 Å². The van der Waals surface area contributed by atoms with E-state index in [9.17, 15) is 13.5 Å². The van der Waals surface area contributed by atoms with Crippen LogP contribution in [0.3, 0.4) is 0 Å². The van der Waals surface area contributed by atoms with Gasteiger partial charge in [0.05, 0.1) is 24.6 Å².